The molecule has 0 unspecified atom stereocenters. The number of nitrogens with one attached hydrogen (secondary N) is 1. The van der Waals surface area contributed by atoms with Gasteiger partial charge in [0.2, 0.25) is 0 Å². The number of aromatic nitrogens is 1. The van der Waals surface area contributed by atoms with Crippen molar-refractivity contribution in [3.8, 4) is 0 Å². The molecule has 1 aromatic heterocycles. The first-order valence-electron chi connectivity index (χ1n) is 6.57. The van der Waals surface area contributed by atoms with E-state index < -0.39 is 0 Å². The molecule has 100 valence electrons. The fourth-order valence-electron chi connectivity index (χ4n) is 2.33. The molecule has 20 heavy (non-hydrogen) atoms. The topological polar surface area (TPSA) is 24.9 Å². The second-order valence-electron chi connectivity index (χ2n) is 4.80. The summed E-state index contributed by atoms with van der Waals surface area (Å²) in [5.41, 5.74) is 4.03. The highest BCUT2D eigenvalue weighted by Gasteiger charge is 2.03. The van der Waals surface area contributed by atoms with Gasteiger partial charge in [-0.1, -0.05) is 18.2 Å². The zero-order chi connectivity index (χ0) is 13.9. The van der Waals surface area contributed by atoms with E-state index in [2.05, 4.69) is 16.4 Å². The fraction of sp³-hybridized carbons (Fsp3) is 0.118. The molecule has 0 radical (unpaired) electrons. The summed E-state index contributed by atoms with van der Waals surface area (Å²) in [6.45, 7) is 2.59. The Hall–Kier alpha value is -2.42. The van der Waals surface area contributed by atoms with Crippen molar-refractivity contribution in [2.24, 2.45) is 0 Å². The van der Waals surface area contributed by atoms with Crippen molar-refractivity contribution in [3.05, 3.63) is 71.7 Å². The summed E-state index contributed by atoms with van der Waals surface area (Å²) >= 11 is 0. The second-order valence-corrected chi connectivity index (χ2v) is 4.80. The van der Waals surface area contributed by atoms with Gasteiger partial charge in [-0.25, -0.2) is 4.39 Å². The summed E-state index contributed by atoms with van der Waals surface area (Å²) in [4.78, 5) is 4.35. The highest BCUT2D eigenvalue weighted by atomic mass is 19.1. The van der Waals surface area contributed by atoms with Gasteiger partial charge in [-0.15, -0.1) is 0 Å². The van der Waals surface area contributed by atoms with Crippen LogP contribution in [0, 0.1) is 12.7 Å². The van der Waals surface area contributed by atoms with E-state index in [1.807, 2.05) is 37.4 Å². The third-order valence-corrected chi connectivity index (χ3v) is 3.40. The van der Waals surface area contributed by atoms with Crippen LogP contribution in [0.25, 0.3) is 10.9 Å². The van der Waals surface area contributed by atoms with Gasteiger partial charge in [-0.05, 0) is 48.4 Å². The van der Waals surface area contributed by atoms with Gasteiger partial charge in [0.05, 0.1) is 5.52 Å². The van der Waals surface area contributed by atoms with Crippen molar-refractivity contribution in [3.63, 3.8) is 0 Å². The van der Waals surface area contributed by atoms with Crippen LogP contribution in [-0.2, 0) is 6.54 Å². The number of anilines is 1. The Morgan fingerprint density at radius 2 is 1.95 bits per heavy atom. The number of fused-ring (bicyclic) bond motifs is 1. The van der Waals surface area contributed by atoms with Crippen LogP contribution in [0.1, 0.15) is 11.1 Å². The molecular formula is C17H15FN2. The molecule has 0 aliphatic heterocycles. The number of pyridine rings is 1. The first kappa shape index (κ1) is 12.6. The van der Waals surface area contributed by atoms with Crippen LogP contribution in [0.5, 0.6) is 0 Å². The van der Waals surface area contributed by atoms with Crippen molar-refractivity contribution < 1.29 is 4.39 Å². The summed E-state index contributed by atoms with van der Waals surface area (Å²) in [7, 11) is 0. The number of rotatable bonds is 3. The maximum atomic E-state index is 13.1. The van der Waals surface area contributed by atoms with Crippen molar-refractivity contribution in [1.29, 1.82) is 0 Å². The van der Waals surface area contributed by atoms with Gasteiger partial charge in [0.1, 0.15) is 5.82 Å². The predicted molar refractivity (Wildman–Crippen MR) is 80.2 cm³/mol. The SMILES string of the molecule is Cc1cc(F)ccc1NCc1ccnc2ccccc12. The molecular weight excluding hydrogens is 251 g/mol. The summed E-state index contributed by atoms with van der Waals surface area (Å²) in [6, 6.07) is 14.8. The standard InChI is InChI=1S/C17H15FN2/c1-12-10-14(18)6-7-16(12)20-11-13-8-9-19-17-5-3-2-4-15(13)17/h2-10,20H,11H2,1H3. The van der Waals surface area contributed by atoms with E-state index in [1.54, 1.807) is 6.07 Å². The number of benzene rings is 2. The smallest absolute Gasteiger partial charge is 0.123 e. The van der Waals surface area contributed by atoms with Crippen LogP contribution < -0.4 is 5.32 Å². The highest BCUT2D eigenvalue weighted by molar-refractivity contribution is 5.82. The zero-order valence-corrected chi connectivity index (χ0v) is 11.2. The Morgan fingerprint density at radius 1 is 1.10 bits per heavy atom. The number of hydrogen-bond donors (Lipinski definition) is 1. The van der Waals surface area contributed by atoms with Crippen LogP contribution in [0.4, 0.5) is 10.1 Å². The van der Waals surface area contributed by atoms with Gasteiger partial charge in [0.15, 0.2) is 0 Å². The van der Waals surface area contributed by atoms with Gasteiger partial charge in [-0.3, -0.25) is 4.98 Å². The van der Waals surface area contributed by atoms with Crippen LogP contribution >= 0.6 is 0 Å². The fourth-order valence-corrected chi connectivity index (χ4v) is 2.33. The van der Waals surface area contributed by atoms with Crippen LogP contribution in [0.3, 0.4) is 0 Å². The Morgan fingerprint density at radius 3 is 2.80 bits per heavy atom. The van der Waals surface area contributed by atoms with Gasteiger partial charge >= 0.3 is 0 Å². The van der Waals surface area contributed by atoms with E-state index in [9.17, 15) is 4.39 Å². The van der Waals surface area contributed by atoms with Gasteiger partial charge in [0, 0.05) is 23.8 Å². The minimum Gasteiger partial charge on any atom is -0.381 e. The van der Waals surface area contributed by atoms with E-state index in [4.69, 9.17) is 0 Å². The molecule has 0 bridgehead atoms. The monoisotopic (exact) mass is 266 g/mol. The zero-order valence-electron chi connectivity index (χ0n) is 11.2. The Labute approximate surface area is 117 Å². The molecule has 0 fully saturated rings. The summed E-state index contributed by atoms with van der Waals surface area (Å²) in [5, 5.41) is 4.50. The third kappa shape index (κ3) is 2.48. The molecule has 0 aliphatic carbocycles. The van der Waals surface area contributed by atoms with Crippen molar-refractivity contribution in [1.82, 2.24) is 4.98 Å². The molecule has 0 spiro atoms. The Kier molecular flexibility index (Phi) is 3.33. The maximum absolute atomic E-state index is 13.1. The molecule has 3 rings (SSSR count). The summed E-state index contributed by atoms with van der Waals surface area (Å²) < 4.78 is 13.1. The number of nitrogens with zero attached hydrogens (tertiary/aromatic N) is 1. The molecule has 0 atom stereocenters. The third-order valence-electron chi connectivity index (χ3n) is 3.40. The van der Waals surface area contributed by atoms with Crippen molar-refractivity contribution in [2.75, 3.05) is 5.32 Å². The predicted octanol–water partition coefficient (Wildman–Crippen LogP) is 4.29. The molecule has 3 aromatic rings. The largest absolute Gasteiger partial charge is 0.381 e. The van der Waals surface area contributed by atoms with E-state index in [0.29, 0.717) is 6.54 Å². The van der Waals surface area contributed by atoms with E-state index in [0.717, 1.165) is 22.2 Å². The maximum Gasteiger partial charge on any atom is 0.123 e. The number of para-hydroxylation sites is 1. The lowest BCUT2D eigenvalue weighted by Crippen LogP contribution is -2.02. The Bertz CT molecular complexity index is 748. The molecule has 3 heteroatoms. The number of hydrogen-bond acceptors (Lipinski definition) is 2. The molecule has 2 nitrogen and oxygen atoms in total. The van der Waals surface area contributed by atoms with Crippen molar-refractivity contribution >= 4 is 16.6 Å². The van der Waals surface area contributed by atoms with Gasteiger partial charge in [-0.2, -0.15) is 0 Å². The molecule has 0 saturated heterocycles. The quantitative estimate of drug-likeness (QED) is 0.764. The lowest BCUT2D eigenvalue weighted by Gasteiger charge is -2.11. The molecule has 0 aliphatic rings. The minimum absolute atomic E-state index is 0.206. The number of aryl methyl sites for hydroxylation is 1. The average molecular weight is 266 g/mol. The summed E-state index contributed by atoms with van der Waals surface area (Å²) in [6.07, 6.45) is 1.82. The second kappa shape index (κ2) is 5.29. The molecule has 2 aromatic carbocycles. The average Bonchev–Trinajstić information content (AvgIpc) is 2.46. The normalized spacial score (nSPS) is 10.7. The first-order valence-corrected chi connectivity index (χ1v) is 6.57. The van der Waals surface area contributed by atoms with E-state index >= 15 is 0 Å². The van der Waals surface area contributed by atoms with Crippen LogP contribution in [0.15, 0.2) is 54.7 Å². The summed E-state index contributed by atoms with van der Waals surface area (Å²) in [5.74, 6) is -0.206. The highest BCUT2D eigenvalue weighted by Crippen LogP contribution is 2.20. The van der Waals surface area contributed by atoms with Crippen LogP contribution in [0.2, 0.25) is 0 Å². The lowest BCUT2D eigenvalue weighted by molar-refractivity contribution is 0.627. The Balaban J connectivity index is 1.87. The molecule has 1 N–H and O–H groups in total. The minimum atomic E-state index is -0.206. The number of halogens is 1. The van der Waals surface area contributed by atoms with Gasteiger partial charge < -0.3 is 5.32 Å². The van der Waals surface area contributed by atoms with Gasteiger partial charge in [0.25, 0.3) is 0 Å². The first-order chi connectivity index (χ1) is 9.74. The van der Waals surface area contributed by atoms with Crippen molar-refractivity contribution in [2.45, 2.75) is 13.5 Å². The molecule has 0 saturated carbocycles. The van der Waals surface area contributed by atoms with E-state index in [1.165, 1.54) is 17.7 Å². The van der Waals surface area contributed by atoms with Crippen LogP contribution in [-0.4, -0.2) is 4.98 Å². The molecule has 1 heterocycles. The molecule has 0 amide bonds. The lowest BCUT2D eigenvalue weighted by atomic mass is 10.1. The van der Waals surface area contributed by atoms with E-state index in [-0.39, 0.29) is 5.82 Å².